The first kappa shape index (κ1) is 16.2. The number of aromatic nitrogens is 1. The average molecular weight is 315 g/mol. The highest BCUT2D eigenvalue weighted by Crippen LogP contribution is 2.18. The van der Waals surface area contributed by atoms with E-state index in [9.17, 15) is 9.59 Å². The molecule has 0 aliphatic carbocycles. The minimum Gasteiger partial charge on any atom is -0.454 e. The molecule has 0 aliphatic heterocycles. The van der Waals surface area contributed by atoms with Crippen LogP contribution in [0.2, 0.25) is 0 Å². The van der Waals surface area contributed by atoms with Crippen LogP contribution in [-0.2, 0) is 4.74 Å². The van der Waals surface area contributed by atoms with Crippen molar-refractivity contribution in [2.24, 2.45) is 0 Å². The number of ether oxygens (including phenoxy) is 1. The maximum absolute atomic E-state index is 12.1. The van der Waals surface area contributed by atoms with E-state index >= 15 is 0 Å². The van der Waals surface area contributed by atoms with Crippen LogP contribution < -0.4 is 0 Å². The van der Waals surface area contributed by atoms with Crippen molar-refractivity contribution >= 4 is 23.5 Å². The van der Waals surface area contributed by atoms with Crippen molar-refractivity contribution in [1.82, 2.24) is 4.98 Å². The fourth-order valence-corrected chi connectivity index (χ4v) is 2.45. The number of carbonyl (C=O) groups excluding carboxylic acids is 2. The second-order valence-corrected chi connectivity index (χ2v) is 5.65. The largest absolute Gasteiger partial charge is 0.454 e. The summed E-state index contributed by atoms with van der Waals surface area (Å²) in [5.41, 5.74) is 3.08. The van der Waals surface area contributed by atoms with Crippen LogP contribution in [0.3, 0.4) is 0 Å². The number of carbonyl (C=O) groups is 2. The molecule has 1 aromatic carbocycles. The van der Waals surface area contributed by atoms with Gasteiger partial charge in [-0.05, 0) is 49.4 Å². The van der Waals surface area contributed by atoms with Gasteiger partial charge in [-0.2, -0.15) is 0 Å². The fourth-order valence-electron chi connectivity index (χ4n) is 1.92. The van der Waals surface area contributed by atoms with Gasteiger partial charge in [0.15, 0.2) is 12.4 Å². The zero-order valence-corrected chi connectivity index (χ0v) is 13.6. The van der Waals surface area contributed by atoms with Crippen molar-refractivity contribution in [2.45, 2.75) is 18.9 Å². The molecule has 22 heavy (non-hydrogen) atoms. The Kier molecular flexibility index (Phi) is 5.33. The number of hydrogen-bond acceptors (Lipinski definition) is 5. The Labute approximate surface area is 133 Å². The molecule has 0 N–H and O–H groups in total. The monoisotopic (exact) mass is 315 g/mol. The Morgan fingerprint density at radius 3 is 2.64 bits per heavy atom. The zero-order valence-electron chi connectivity index (χ0n) is 12.8. The standard InChI is InChI=1S/C17H17NO3S/c1-11-6-7-13(9-12(11)2)15(19)10-21-17(20)14-5-4-8-18-16(14)22-3/h4-9H,10H2,1-3H3. The topological polar surface area (TPSA) is 56.3 Å². The number of rotatable bonds is 5. The Bertz CT molecular complexity index is 713. The van der Waals surface area contributed by atoms with E-state index in [0.29, 0.717) is 16.2 Å². The molecule has 2 aromatic rings. The molecule has 0 aliphatic rings. The lowest BCUT2D eigenvalue weighted by Crippen LogP contribution is -2.15. The van der Waals surface area contributed by atoms with E-state index in [2.05, 4.69) is 4.98 Å². The Balaban J connectivity index is 2.04. The molecule has 0 radical (unpaired) electrons. The molecule has 5 heteroatoms. The second kappa shape index (κ2) is 7.22. The van der Waals surface area contributed by atoms with Gasteiger partial charge >= 0.3 is 5.97 Å². The van der Waals surface area contributed by atoms with Gasteiger partial charge in [0.05, 0.1) is 5.56 Å². The van der Waals surface area contributed by atoms with Gasteiger partial charge in [0, 0.05) is 11.8 Å². The minimum atomic E-state index is -0.533. The van der Waals surface area contributed by atoms with Crippen LogP contribution in [0.25, 0.3) is 0 Å². The maximum Gasteiger partial charge on any atom is 0.341 e. The quantitative estimate of drug-likeness (QED) is 0.480. The normalized spacial score (nSPS) is 10.3. The minimum absolute atomic E-state index is 0.217. The van der Waals surface area contributed by atoms with Crippen molar-refractivity contribution in [3.8, 4) is 0 Å². The average Bonchev–Trinajstić information content (AvgIpc) is 2.54. The molecular weight excluding hydrogens is 298 g/mol. The van der Waals surface area contributed by atoms with E-state index in [1.54, 1.807) is 24.4 Å². The molecule has 0 saturated carbocycles. The van der Waals surface area contributed by atoms with Crippen LogP contribution >= 0.6 is 11.8 Å². The highest BCUT2D eigenvalue weighted by molar-refractivity contribution is 7.98. The summed E-state index contributed by atoms with van der Waals surface area (Å²) in [5.74, 6) is -0.749. The number of benzene rings is 1. The summed E-state index contributed by atoms with van der Waals surface area (Å²) in [5, 5.41) is 0.589. The molecule has 0 spiro atoms. The highest BCUT2D eigenvalue weighted by Gasteiger charge is 2.15. The number of ketones is 1. The molecule has 0 amide bonds. The van der Waals surface area contributed by atoms with Crippen molar-refractivity contribution in [2.75, 3.05) is 12.9 Å². The van der Waals surface area contributed by atoms with Crippen LogP contribution in [0.15, 0.2) is 41.6 Å². The molecule has 0 unspecified atom stereocenters. The molecule has 2 rings (SSSR count). The van der Waals surface area contributed by atoms with Gasteiger partial charge < -0.3 is 4.74 Å². The van der Waals surface area contributed by atoms with Gasteiger partial charge in [-0.1, -0.05) is 12.1 Å². The van der Waals surface area contributed by atoms with Crippen LogP contribution in [0, 0.1) is 13.8 Å². The number of aryl methyl sites for hydroxylation is 2. The molecule has 0 bridgehead atoms. The Morgan fingerprint density at radius 1 is 1.18 bits per heavy atom. The smallest absolute Gasteiger partial charge is 0.341 e. The first-order valence-corrected chi connectivity index (χ1v) is 8.02. The summed E-state index contributed by atoms with van der Waals surface area (Å²) in [6.07, 6.45) is 3.45. The first-order chi connectivity index (χ1) is 10.5. The second-order valence-electron chi connectivity index (χ2n) is 4.86. The number of esters is 1. The summed E-state index contributed by atoms with van der Waals surface area (Å²) in [4.78, 5) is 28.3. The van der Waals surface area contributed by atoms with Gasteiger partial charge in [-0.3, -0.25) is 4.79 Å². The van der Waals surface area contributed by atoms with E-state index in [1.807, 2.05) is 32.2 Å². The maximum atomic E-state index is 12.1. The predicted octanol–water partition coefficient (Wildman–Crippen LogP) is 3.46. The molecule has 0 atom stereocenters. The molecule has 114 valence electrons. The number of hydrogen-bond donors (Lipinski definition) is 0. The highest BCUT2D eigenvalue weighted by atomic mass is 32.2. The Morgan fingerprint density at radius 2 is 1.95 bits per heavy atom. The lowest BCUT2D eigenvalue weighted by molar-refractivity contribution is 0.0470. The van der Waals surface area contributed by atoms with Gasteiger partial charge in [-0.15, -0.1) is 11.8 Å². The van der Waals surface area contributed by atoms with Gasteiger partial charge in [0.25, 0.3) is 0 Å². The van der Waals surface area contributed by atoms with E-state index in [0.717, 1.165) is 11.1 Å². The molecule has 1 heterocycles. The summed E-state index contributed by atoms with van der Waals surface area (Å²) < 4.78 is 5.12. The number of thioether (sulfide) groups is 1. The van der Waals surface area contributed by atoms with Gasteiger partial charge in [-0.25, -0.2) is 9.78 Å². The number of pyridine rings is 1. The number of Topliss-reactive ketones (excluding diaryl/α,β-unsaturated/α-hetero) is 1. The SMILES string of the molecule is CSc1ncccc1C(=O)OCC(=O)c1ccc(C)c(C)c1. The molecular formula is C17H17NO3S. The third kappa shape index (κ3) is 3.74. The molecule has 4 nitrogen and oxygen atoms in total. The molecule has 0 saturated heterocycles. The third-order valence-corrected chi connectivity index (χ3v) is 4.06. The summed E-state index contributed by atoms with van der Waals surface area (Å²) in [7, 11) is 0. The lowest BCUT2D eigenvalue weighted by Gasteiger charge is -2.08. The van der Waals surface area contributed by atoms with Crippen LogP contribution in [0.5, 0.6) is 0 Å². The molecule has 0 fully saturated rings. The van der Waals surface area contributed by atoms with Crippen LogP contribution in [0.4, 0.5) is 0 Å². The third-order valence-electron chi connectivity index (χ3n) is 3.35. The zero-order chi connectivity index (χ0) is 16.1. The van der Waals surface area contributed by atoms with E-state index < -0.39 is 5.97 Å². The number of nitrogens with zero attached hydrogens (tertiary/aromatic N) is 1. The van der Waals surface area contributed by atoms with Crippen molar-refractivity contribution in [3.63, 3.8) is 0 Å². The summed E-state index contributed by atoms with van der Waals surface area (Å²) >= 11 is 1.36. The van der Waals surface area contributed by atoms with E-state index in [-0.39, 0.29) is 12.4 Å². The summed E-state index contributed by atoms with van der Waals surface area (Å²) in [6.45, 7) is 3.65. The Hall–Kier alpha value is -2.14. The molecule has 1 aromatic heterocycles. The van der Waals surface area contributed by atoms with E-state index in [1.165, 1.54) is 11.8 Å². The van der Waals surface area contributed by atoms with Crippen LogP contribution in [-0.4, -0.2) is 29.6 Å². The van der Waals surface area contributed by atoms with E-state index in [4.69, 9.17) is 4.74 Å². The van der Waals surface area contributed by atoms with Crippen molar-refractivity contribution < 1.29 is 14.3 Å². The summed E-state index contributed by atoms with van der Waals surface area (Å²) in [6, 6.07) is 8.75. The fraction of sp³-hybridized carbons (Fsp3) is 0.235. The van der Waals surface area contributed by atoms with Crippen molar-refractivity contribution in [1.29, 1.82) is 0 Å². The predicted molar refractivity (Wildman–Crippen MR) is 86.5 cm³/mol. The van der Waals surface area contributed by atoms with Gasteiger partial charge in [0.1, 0.15) is 5.03 Å². The van der Waals surface area contributed by atoms with Crippen molar-refractivity contribution in [3.05, 3.63) is 58.8 Å². The first-order valence-electron chi connectivity index (χ1n) is 6.79. The van der Waals surface area contributed by atoms with Gasteiger partial charge in [0.2, 0.25) is 0 Å². The lowest BCUT2D eigenvalue weighted by atomic mass is 10.0. The van der Waals surface area contributed by atoms with Crippen LogP contribution in [0.1, 0.15) is 31.8 Å².